The smallest absolute Gasteiger partial charge is 0.406 e. The van der Waals surface area contributed by atoms with Crippen LogP contribution < -0.4 is 15.4 Å². The molecule has 25 heavy (non-hydrogen) atoms. The van der Waals surface area contributed by atoms with Crippen LogP contribution in [0.1, 0.15) is 16.8 Å². The molecule has 1 saturated heterocycles. The van der Waals surface area contributed by atoms with Crippen molar-refractivity contribution in [3.8, 4) is 16.9 Å². The van der Waals surface area contributed by atoms with Crippen LogP contribution in [0.25, 0.3) is 11.1 Å². The number of hydrogen-bond donors (Lipinski definition) is 2. The molecule has 1 amide bonds. The van der Waals surface area contributed by atoms with Gasteiger partial charge in [0.15, 0.2) is 0 Å². The minimum absolute atomic E-state index is 0.130. The predicted molar refractivity (Wildman–Crippen MR) is 87.3 cm³/mol. The van der Waals surface area contributed by atoms with E-state index in [1.165, 1.54) is 12.1 Å². The number of rotatable bonds is 4. The zero-order valence-electron chi connectivity index (χ0n) is 13.3. The average Bonchev–Trinajstić information content (AvgIpc) is 3.07. The number of carbonyl (C=O) groups is 1. The van der Waals surface area contributed by atoms with Gasteiger partial charge in [-0.1, -0.05) is 24.3 Å². The van der Waals surface area contributed by atoms with Crippen molar-refractivity contribution in [3.63, 3.8) is 0 Å². The van der Waals surface area contributed by atoms with Crippen LogP contribution in [0.15, 0.2) is 48.5 Å². The van der Waals surface area contributed by atoms with Crippen LogP contribution >= 0.6 is 0 Å². The molecule has 0 saturated carbocycles. The highest BCUT2D eigenvalue weighted by Crippen LogP contribution is 2.26. The molecule has 0 radical (unpaired) electrons. The van der Waals surface area contributed by atoms with Crippen molar-refractivity contribution in [2.24, 2.45) is 0 Å². The van der Waals surface area contributed by atoms with E-state index in [1.807, 2.05) is 0 Å². The lowest BCUT2D eigenvalue weighted by Crippen LogP contribution is -2.36. The Labute approximate surface area is 143 Å². The summed E-state index contributed by atoms with van der Waals surface area (Å²) >= 11 is 0. The third kappa shape index (κ3) is 4.73. The summed E-state index contributed by atoms with van der Waals surface area (Å²) in [5, 5.41) is 6.14. The van der Waals surface area contributed by atoms with Gasteiger partial charge in [-0.15, -0.1) is 13.2 Å². The molecule has 1 atom stereocenters. The fourth-order valence-electron chi connectivity index (χ4n) is 2.71. The largest absolute Gasteiger partial charge is 0.573 e. The van der Waals surface area contributed by atoms with Crippen LogP contribution in [0, 0.1) is 0 Å². The fourth-order valence-corrected chi connectivity index (χ4v) is 2.71. The topological polar surface area (TPSA) is 50.4 Å². The fraction of sp³-hybridized carbons (Fsp3) is 0.278. The molecule has 1 unspecified atom stereocenters. The monoisotopic (exact) mass is 350 g/mol. The first-order chi connectivity index (χ1) is 11.9. The van der Waals surface area contributed by atoms with Gasteiger partial charge in [0.25, 0.3) is 5.91 Å². The predicted octanol–water partition coefficient (Wildman–Crippen LogP) is 3.34. The lowest BCUT2D eigenvalue weighted by atomic mass is 10.0. The summed E-state index contributed by atoms with van der Waals surface area (Å²) < 4.78 is 40.3. The average molecular weight is 350 g/mol. The first-order valence-corrected chi connectivity index (χ1v) is 7.88. The van der Waals surface area contributed by atoms with Crippen LogP contribution in [0.4, 0.5) is 13.2 Å². The van der Waals surface area contributed by atoms with E-state index in [1.54, 1.807) is 36.4 Å². The molecule has 1 aliphatic rings. The molecule has 2 aromatic rings. The number of alkyl halides is 3. The van der Waals surface area contributed by atoms with Crippen molar-refractivity contribution in [1.29, 1.82) is 0 Å². The Morgan fingerprint density at radius 3 is 2.16 bits per heavy atom. The van der Waals surface area contributed by atoms with Crippen LogP contribution in [-0.4, -0.2) is 31.4 Å². The Morgan fingerprint density at radius 2 is 1.64 bits per heavy atom. The van der Waals surface area contributed by atoms with Gasteiger partial charge in [-0.25, -0.2) is 0 Å². The molecule has 1 fully saturated rings. The maximum absolute atomic E-state index is 12.2. The van der Waals surface area contributed by atoms with Crippen LogP contribution in [0.2, 0.25) is 0 Å². The number of hydrogen-bond acceptors (Lipinski definition) is 3. The van der Waals surface area contributed by atoms with Crippen molar-refractivity contribution >= 4 is 5.91 Å². The Balaban J connectivity index is 1.66. The number of amides is 1. The summed E-state index contributed by atoms with van der Waals surface area (Å²) in [7, 11) is 0. The summed E-state index contributed by atoms with van der Waals surface area (Å²) in [5.41, 5.74) is 2.09. The lowest BCUT2D eigenvalue weighted by molar-refractivity contribution is -0.274. The molecular weight excluding hydrogens is 333 g/mol. The zero-order chi connectivity index (χ0) is 17.9. The second kappa shape index (κ2) is 7.14. The van der Waals surface area contributed by atoms with Crippen LogP contribution in [0.5, 0.6) is 5.75 Å². The molecular formula is C18H17F3N2O2. The number of halogens is 3. The molecule has 132 valence electrons. The molecule has 0 aromatic heterocycles. The Bertz CT molecular complexity index is 721. The molecule has 1 aliphatic heterocycles. The van der Waals surface area contributed by atoms with Gasteiger partial charge in [0.05, 0.1) is 0 Å². The summed E-state index contributed by atoms with van der Waals surface area (Å²) in [6.07, 6.45) is -3.79. The van der Waals surface area contributed by atoms with Crippen LogP contribution in [-0.2, 0) is 0 Å². The molecule has 4 nitrogen and oxygen atoms in total. The first kappa shape index (κ1) is 17.3. The highest BCUT2D eigenvalue weighted by molar-refractivity contribution is 5.94. The quantitative estimate of drug-likeness (QED) is 0.889. The van der Waals surface area contributed by atoms with Crippen LogP contribution in [0.3, 0.4) is 0 Å². The summed E-state index contributed by atoms with van der Waals surface area (Å²) in [4.78, 5) is 12.2. The number of carbonyl (C=O) groups excluding carboxylic acids is 1. The Hall–Kier alpha value is -2.54. The van der Waals surface area contributed by atoms with Gasteiger partial charge in [-0.3, -0.25) is 4.79 Å². The molecule has 2 N–H and O–H groups in total. The van der Waals surface area contributed by atoms with E-state index in [2.05, 4.69) is 15.4 Å². The van der Waals surface area contributed by atoms with Crippen molar-refractivity contribution in [3.05, 3.63) is 54.1 Å². The van der Waals surface area contributed by atoms with Crippen molar-refractivity contribution < 1.29 is 22.7 Å². The minimum atomic E-state index is -4.70. The third-order valence-electron chi connectivity index (χ3n) is 3.96. The second-order valence-corrected chi connectivity index (χ2v) is 5.81. The van der Waals surface area contributed by atoms with E-state index in [9.17, 15) is 18.0 Å². The van der Waals surface area contributed by atoms with Gasteiger partial charge in [-0.05, 0) is 48.4 Å². The first-order valence-electron chi connectivity index (χ1n) is 7.88. The van der Waals surface area contributed by atoms with E-state index in [-0.39, 0.29) is 17.7 Å². The number of nitrogens with one attached hydrogen (secondary N) is 2. The molecule has 7 heteroatoms. The highest BCUT2D eigenvalue weighted by Gasteiger charge is 2.30. The van der Waals surface area contributed by atoms with E-state index in [0.29, 0.717) is 5.56 Å². The van der Waals surface area contributed by atoms with Gasteiger partial charge < -0.3 is 15.4 Å². The number of ether oxygens (including phenoxy) is 1. The summed E-state index contributed by atoms with van der Waals surface area (Å²) in [6, 6.07) is 12.7. The van der Waals surface area contributed by atoms with E-state index < -0.39 is 6.36 Å². The standard InChI is InChI=1S/C18H17F3N2O2/c19-18(20,21)25-16-7-5-13(6-8-16)12-1-3-14(4-2-12)17(24)23-15-9-10-22-11-15/h1-8,15,22H,9-11H2,(H,23,24). The number of benzene rings is 2. The van der Waals surface area contributed by atoms with Gasteiger partial charge in [0.1, 0.15) is 5.75 Å². The molecule has 2 aromatic carbocycles. The van der Waals surface area contributed by atoms with Crippen molar-refractivity contribution in [2.75, 3.05) is 13.1 Å². The molecule has 0 spiro atoms. The zero-order valence-corrected chi connectivity index (χ0v) is 13.3. The maximum Gasteiger partial charge on any atom is 0.573 e. The van der Waals surface area contributed by atoms with Gasteiger partial charge in [-0.2, -0.15) is 0 Å². The normalized spacial score (nSPS) is 17.3. The van der Waals surface area contributed by atoms with E-state index >= 15 is 0 Å². The lowest BCUT2D eigenvalue weighted by Gasteiger charge is -2.12. The SMILES string of the molecule is O=C(NC1CCNC1)c1ccc(-c2ccc(OC(F)(F)F)cc2)cc1. The molecule has 0 bridgehead atoms. The Kier molecular flexibility index (Phi) is 4.94. The minimum Gasteiger partial charge on any atom is -0.406 e. The molecule has 1 heterocycles. The van der Waals surface area contributed by atoms with Crippen molar-refractivity contribution in [1.82, 2.24) is 10.6 Å². The second-order valence-electron chi connectivity index (χ2n) is 5.81. The molecule has 3 rings (SSSR count). The summed E-state index contributed by atoms with van der Waals surface area (Å²) in [6.45, 7) is 1.67. The highest BCUT2D eigenvalue weighted by atomic mass is 19.4. The third-order valence-corrected chi connectivity index (χ3v) is 3.96. The van der Waals surface area contributed by atoms with Crippen molar-refractivity contribution in [2.45, 2.75) is 18.8 Å². The van der Waals surface area contributed by atoms with Gasteiger partial charge in [0, 0.05) is 18.2 Å². The molecule has 0 aliphatic carbocycles. The van der Waals surface area contributed by atoms with Gasteiger partial charge >= 0.3 is 6.36 Å². The van der Waals surface area contributed by atoms with E-state index in [0.717, 1.165) is 30.6 Å². The van der Waals surface area contributed by atoms with Gasteiger partial charge in [0.2, 0.25) is 0 Å². The summed E-state index contributed by atoms with van der Waals surface area (Å²) in [5.74, 6) is -0.397. The van der Waals surface area contributed by atoms with E-state index in [4.69, 9.17) is 0 Å². The maximum atomic E-state index is 12.2. The Morgan fingerprint density at radius 1 is 1.04 bits per heavy atom.